The number of hydrogen-bond acceptors (Lipinski definition) is 7. The summed E-state index contributed by atoms with van der Waals surface area (Å²) in [6.07, 6.45) is 3.62. The van der Waals surface area contributed by atoms with E-state index in [1.54, 1.807) is 0 Å². The van der Waals surface area contributed by atoms with Crippen LogP contribution in [-0.2, 0) is 11.2 Å². The van der Waals surface area contributed by atoms with Crippen molar-refractivity contribution in [3.8, 4) is 5.75 Å². The largest absolute Gasteiger partial charge is 0.491 e. The third kappa shape index (κ3) is 5.72. The van der Waals surface area contributed by atoms with Crippen molar-refractivity contribution in [2.24, 2.45) is 0 Å². The van der Waals surface area contributed by atoms with Gasteiger partial charge in [-0.2, -0.15) is 0 Å². The standard InChI is InChI=1S/C31H25F3N2O8/c1-43-28-26-29(39)36(17-6-7-18(14-17)44-31(42)20-5-3-2-4-19(20)30(40)41)11-10-35(26)15-22(27(28)38)25(37)9-8-21-23(33)12-16(32)13-24(21)34/h2-5,10-13,15,17-18H,6-9,14H2,1H3,(H,40,41)/t17-,18+/m0/s1. The van der Waals surface area contributed by atoms with Gasteiger partial charge in [0.2, 0.25) is 5.43 Å². The molecule has 2 atom stereocenters. The first-order valence-electron chi connectivity index (χ1n) is 13.5. The summed E-state index contributed by atoms with van der Waals surface area (Å²) in [5, 5.41) is 9.36. The fourth-order valence-corrected chi connectivity index (χ4v) is 5.47. The molecule has 5 rings (SSSR count). The van der Waals surface area contributed by atoms with Gasteiger partial charge in [-0.3, -0.25) is 14.4 Å². The number of fused-ring (bicyclic) bond motifs is 1. The number of carbonyl (C=O) groups excluding carboxylic acids is 2. The van der Waals surface area contributed by atoms with E-state index in [1.807, 2.05) is 0 Å². The molecule has 44 heavy (non-hydrogen) atoms. The van der Waals surface area contributed by atoms with Gasteiger partial charge in [0, 0.05) is 55.2 Å². The maximum atomic E-state index is 14.0. The summed E-state index contributed by atoms with van der Waals surface area (Å²) in [7, 11) is 1.16. The van der Waals surface area contributed by atoms with E-state index >= 15 is 0 Å². The van der Waals surface area contributed by atoms with Crippen LogP contribution in [0.3, 0.4) is 0 Å². The van der Waals surface area contributed by atoms with E-state index in [-0.39, 0.29) is 28.6 Å². The number of aromatic carboxylic acids is 1. The van der Waals surface area contributed by atoms with Crippen molar-refractivity contribution in [3.05, 3.63) is 115 Å². The Bertz CT molecular complexity index is 1910. The first-order chi connectivity index (χ1) is 21.0. The summed E-state index contributed by atoms with van der Waals surface area (Å²) in [6.45, 7) is 0. The van der Waals surface area contributed by atoms with Crippen molar-refractivity contribution in [1.82, 2.24) is 8.97 Å². The Balaban J connectivity index is 1.37. The molecule has 1 aliphatic carbocycles. The van der Waals surface area contributed by atoms with Gasteiger partial charge in [0.1, 0.15) is 23.6 Å². The number of nitrogens with zero attached hydrogens (tertiary/aromatic N) is 2. The van der Waals surface area contributed by atoms with Gasteiger partial charge in [0.15, 0.2) is 17.0 Å². The molecule has 1 N–H and O–H groups in total. The zero-order valence-electron chi connectivity index (χ0n) is 23.2. The second kappa shape index (κ2) is 12.2. The van der Waals surface area contributed by atoms with E-state index in [2.05, 4.69) is 0 Å². The van der Waals surface area contributed by atoms with Crippen molar-refractivity contribution in [3.63, 3.8) is 0 Å². The molecule has 13 heteroatoms. The Labute approximate surface area is 246 Å². The summed E-state index contributed by atoms with van der Waals surface area (Å²) in [6, 6.07) is 6.23. The number of hydrogen-bond donors (Lipinski definition) is 1. The lowest BCUT2D eigenvalue weighted by molar-refractivity contribution is 0.0304. The Morgan fingerprint density at radius 3 is 2.32 bits per heavy atom. The van der Waals surface area contributed by atoms with Crippen LogP contribution in [0.4, 0.5) is 13.2 Å². The van der Waals surface area contributed by atoms with Crippen molar-refractivity contribution in [1.29, 1.82) is 0 Å². The molecule has 10 nitrogen and oxygen atoms in total. The van der Waals surface area contributed by atoms with Crippen molar-refractivity contribution in [2.75, 3.05) is 7.11 Å². The first-order valence-corrected chi connectivity index (χ1v) is 13.5. The smallest absolute Gasteiger partial charge is 0.339 e. The van der Waals surface area contributed by atoms with Gasteiger partial charge in [-0.05, 0) is 31.4 Å². The van der Waals surface area contributed by atoms with Gasteiger partial charge in [-0.1, -0.05) is 12.1 Å². The topological polar surface area (TPSA) is 133 Å². The highest BCUT2D eigenvalue weighted by atomic mass is 19.1. The molecule has 0 amide bonds. The lowest BCUT2D eigenvalue weighted by Gasteiger charge is -2.17. The second-order valence-electron chi connectivity index (χ2n) is 10.3. The number of carbonyl (C=O) groups is 3. The second-order valence-corrected chi connectivity index (χ2v) is 10.3. The summed E-state index contributed by atoms with van der Waals surface area (Å²) in [5.74, 6) is -6.64. The number of benzene rings is 2. The number of pyridine rings is 1. The Morgan fingerprint density at radius 2 is 1.66 bits per heavy atom. The molecule has 0 unspecified atom stereocenters. The van der Waals surface area contributed by atoms with E-state index in [0.29, 0.717) is 25.0 Å². The van der Waals surface area contributed by atoms with Gasteiger partial charge in [0.05, 0.1) is 23.8 Å². The molecule has 0 radical (unpaired) electrons. The number of carboxylic acid groups (broad SMARTS) is 1. The molecule has 0 spiro atoms. The number of methoxy groups -OCH3 is 1. The molecule has 2 aromatic heterocycles. The third-order valence-electron chi connectivity index (χ3n) is 7.63. The molecule has 2 heterocycles. The summed E-state index contributed by atoms with van der Waals surface area (Å²) in [4.78, 5) is 63.9. The van der Waals surface area contributed by atoms with E-state index in [4.69, 9.17) is 9.47 Å². The van der Waals surface area contributed by atoms with Gasteiger partial charge < -0.3 is 23.5 Å². The van der Waals surface area contributed by atoms with Crippen LogP contribution >= 0.6 is 0 Å². The van der Waals surface area contributed by atoms with Gasteiger partial charge in [-0.25, -0.2) is 22.8 Å². The number of ether oxygens (including phenoxy) is 2. The molecule has 0 saturated heterocycles. The predicted octanol–water partition coefficient (Wildman–Crippen LogP) is 4.35. The monoisotopic (exact) mass is 610 g/mol. The van der Waals surface area contributed by atoms with Crippen LogP contribution in [0.2, 0.25) is 0 Å². The highest BCUT2D eigenvalue weighted by Crippen LogP contribution is 2.32. The third-order valence-corrected chi connectivity index (χ3v) is 7.63. The Morgan fingerprint density at radius 1 is 0.977 bits per heavy atom. The minimum atomic E-state index is -1.27. The molecule has 1 saturated carbocycles. The van der Waals surface area contributed by atoms with Gasteiger partial charge in [-0.15, -0.1) is 0 Å². The van der Waals surface area contributed by atoms with E-state index < -0.39 is 82.5 Å². The van der Waals surface area contributed by atoms with Crippen LogP contribution < -0.4 is 15.7 Å². The fourth-order valence-electron chi connectivity index (χ4n) is 5.47. The van der Waals surface area contributed by atoms with E-state index in [0.717, 1.165) is 13.3 Å². The highest BCUT2D eigenvalue weighted by Gasteiger charge is 2.31. The van der Waals surface area contributed by atoms with Crippen LogP contribution in [0.1, 0.15) is 68.4 Å². The Hall–Kier alpha value is -5.20. The van der Waals surface area contributed by atoms with Crippen LogP contribution in [0, 0.1) is 17.5 Å². The molecule has 4 aromatic rings. The maximum Gasteiger partial charge on any atom is 0.339 e. The number of Topliss-reactive ketones (excluding diaryl/α,β-unsaturated/α-hetero) is 1. The zero-order valence-corrected chi connectivity index (χ0v) is 23.2. The number of rotatable bonds is 9. The SMILES string of the molecule is COc1c(=O)c(C(=O)CCc2c(F)cc(F)cc2F)cn2ccn([C@H]3CC[C@@H](OC(=O)c4ccccc4C(=O)O)C3)c(=O)c12. The molecule has 0 bridgehead atoms. The first kappa shape index (κ1) is 30.3. The fraction of sp³-hybridized carbons (Fsp3) is 0.258. The van der Waals surface area contributed by atoms with Crippen LogP contribution in [0.25, 0.3) is 5.52 Å². The van der Waals surface area contributed by atoms with Crippen LogP contribution in [-0.4, -0.2) is 45.0 Å². The molecular formula is C31H25F3N2O8. The number of carboxylic acids is 1. The van der Waals surface area contributed by atoms with Crippen molar-refractivity contribution >= 4 is 23.2 Å². The van der Waals surface area contributed by atoms with E-state index in [9.17, 15) is 42.3 Å². The normalized spacial score (nSPS) is 16.2. The molecule has 1 aliphatic rings. The van der Waals surface area contributed by atoms with Crippen molar-refractivity contribution in [2.45, 2.75) is 44.2 Å². The van der Waals surface area contributed by atoms with Crippen molar-refractivity contribution < 1.29 is 42.1 Å². The van der Waals surface area contributed by atoms with E-state index in [1.165, 1.54) is 45.6 Å². The Kier molecular flexibility index (Phi) is 8.39. The zero-order chi connectivity index (χ0) is 31.7. The maximum absolute atomic E-state index is 14.0. The van der Waals surface area contributed by atoms with Crippen LogP contribution in [0.5, 0.6) is 5.75 Å². The minimum Gasteiger partial charge on any atom is -0.491 e. The summed E-state index contributed by atoms with van der Waals surface area (Å²) in [5.41, 5.74) is -2.79. The number of aromatic nitrogens is 2. The number of halogens is 3. The molecule has 2 aromatic carbocycles. The minimum absolute atomic E-state index is 0.0891. The predicted molar refractivity (Wildman–Crippen MR) is 149 cm³/mol. The quantitative estimate of drug-likeness (QED) is 0.219. The molecule has 0 aliphatic heterocycles. The molecular weight excluding hydrogens is 585 g/mol. The van der Waals surface area contributed by atoms with Crippen LogP contribution in [0.15, 0.2) is 64.6 Å². The van der Waals surface area contributed by atoms with Gasteiger partial charge >= 0.3 is 11.9 Å². The summed E-state index contributed by atoms with van der Waals surface area (Å²) < 4.78 is 54.7. The summed E-state index contributed by atoms with van der Waals surface area (Å²) >= 11 is 0. The molecule has 228 valence electrons. The average molecular weight is 611 g/mol. The lowest BCUT2D eigenvalue weighted by Crippen LogP contribution is -2.29. The number of ketones is 1. The van der Waals surface area contributed by atoms with Gasteiger partial charge in [0.25, 0.3) is 5.56 Å². The number of esters is 1. The average Bonchev–Trinajstić information content (AvgIpc) is 3.44. The lowest BCUT2D eigenvalue weighted by atomic mass is 10.0. The highest BCUT2D eigenvalue weighted by molar-refractivity contribution is 6.02. The molecule has 1 fully saturated rings.